The molecule has 3 aromatic rings. The molecule has 1 aromatic heterocycles. The van der Waals surface area contributed by atoms with Gasteiger partial charge in [0.15, 0.2) is 5.60 Å². The van der Waals surface area contributed by atoms with Crippen molar-refractivity contribution in [1.29, 1.82) is 0 Å². The number of aliphatic hydroxyl groups is 1. The van der Waals surface area contributed by atoms with E-state index >= 15 is 0 Å². The van der Waals surface area contributed by atoms with Crippen molar-refractivity contribution in [3.63, 3.8) is 0 Å². The fourth-order valence-corrected chi connectivity index (χ4v) is 2.62. The molecule has 1 N–H and O–H groups in total. The van der Waals surface area contributed by atoms with Crippen molar-refractivity contribution in [2.75, 3.05) is 6.61 Å². The third kappa shape index (κ3) is 4.38. The maximum absolute atomic E-state index is 12.1. The standard InChI is InChI=1S/C18H14Br2N2O4/c1-18(24,10-25-16(23)12-4-8-14(20)9-5-12)17-22-21-15(26-17)11-2-6-13(19)7-3-11/h2-9,24H,10H2,1H3. The molecule has 134 valence electrons. The number of carbonyl (C=O) groups is 1. The summed E-state index contributed by atoms with van der Waals surface area (Å²) in [6, 6.07) is 14.0. The number of hydrogen-bond donors (Lipinski definition) is 1. The molecule has 0 aliphatic carbocycles. The van der Waals surface area contributed by atoms with Gasteiger partial charge in [-0.15, -0.1) is 10.2 Å². The molecule has 0 aliphatic heterocycles. The van der Waals surface area contributed by atoms with Crippen molar-refractivity contribution in [2.45, 2.75) is 12.5 Å². The normalized spacial score (nSPS) is 13.2. The zero-order valence-electron chi connectivity index (χ0n) is 13.6. The van der Waals surface area contributed by atoms with Gasteiger partial charge >= 0.3 is 5.97 Å². The molecule has 0 fully saturated rings. The second kappa shape index (κ2) is 7.69. The molecule has 0 saturated carbocycles. The van der Waals surface area contributed by atoms with E-state index in [1.807, 2.05) is 24.3 Å². The van der Waals surface area contributed by atoms with Crippen LogP contribution in [0, 0.1) is 0 Å². The van der Waals surface area contributed by atoms with Crippen molar-refractivity contribution in [1.82, 2.24) is 10.2 Å². The molecule has 3 rings (SSSR count). The molecule has 1 atom stereocenters. The van der Waals surface area contributed by atoms with E-state index in [-0.39, 0.29) is 18.4 Å². The minimum absolute atomic E-state index is 0.0287. The van der Waals surface area contributed by atoms with Crippen LogP contribution in [0.5, 0.6) is 0 Å². The third-order valence-corrected chi connectivity index (χ3v) is 4.60. The maximum atomic E-state index is 12.1. The monoisotopic (exact) mass is 480 g/mol. The summed E-state index contributed by atoms with van der Waals surface area (Å²) in [6.07, 6.45) is 0. The van der Waals surface area contributed by atoms with Crippen molar-refractivity contribution >= 4 is 37.8 Å². The van der Waals surface area contributed by atoms with Gasteiger partial charge in [0.25, 0.3) is 5.89 Å². The van der Waals surface area contributed by atoms with E-state index in [1.54, 1.807) is 24.3 Å². The minimum atomic E-state index is -1.61. The highest BCUT2D eigenvalue weighted by molar-refractivity contribution is 9.10. The van der Waals surface area contributed by atoms with Crippen LogP contribution in [0.25, 0.3) is 11.5 Å². The SMILES string of the molecule is CC(O)(COC(=O)c1ccc(Br)cc1)c1nnc(-c2ccc(Br)cc2)o1. The van der Waals surface area contributed by atoms with Gasteiger partial charge < -0.3 is 14.3 Å². The van der Waals surface area contributed by atoms with Crippen LogP contribution in [0.1, 0.15) is 23.2 Å². The van der Waals surface area contributed by atoms with Crippen LogP contribution in [0.4, 0.5) is 0 Å². The number of nitrogens with zero attached hydrogens (tertiary/aromatic N) is 2. The number of halogens is 2. The molecule has 26 heavy (non-hydrogen) atoms. The number of esters is 1. The molecular weight excluding hydrogens is 468 g/mol. The number of hydrogen-bond acceptors (Lipinski definition) is 6. The molecule has 0 saturated heterocycles. The van der Waals surface area contributed by atoms with E-state index in [2.05, 4.69) is 42.1 Å². The number of rotatable bonds is 5. The fraction of sp³-hybridized carbons (Fsp3) is 0.167. The highest BCUT2D eigenvalue weighted by Crippen LogP contribution is 2.26. The van der Waals surface area contributed by atoms with E-state index < -0.39 is 11.6 Å². The highest BCUT2D eigenvalue weighted by atomic mass is 79.9. The lowest BCUT2D eigenvalue weighted by Gasteiger charge is -2.18. The number of ether oxygens (including phenoxy) is 1. The van der Waals surface area contributed by atoms with Crippen LogP contribution in [0.2, 0.25) is 0 Å². The average Bonchev–Trinajstić information content (AvgIpc) is 3.12. The summed E-state index contributed by atoms with van der Waals surface area (Å²) in [6.45, 7) is 1.13. The van der Waals surface area contributed by atoms with E-state index in [9.17, 15) is 9.90 Å². The van der Waals surface area contributed by atoms with Gasteiger partial charge in [-0.1, -0.05) is 31.9 Å². The first-order valence-corrected chi connectivity index (χ1v) is 9.19. The molecule has 0 radical (unpaired) electrons. The fourth-order valence-electron chi connectivity index (χ4n) is 2.09. The lowest BCUT2D eigenvalue weighted by Crippen LogP contribution is -2.29. The van der Waals surface area contributed by atoms with Gasteiger partial charge in [-0.25, -0.2) is 4.79 Å². The van der Waals surface area contributed by atoms with Gasteiger partial charge in [0.05, 0.1) is 5.56 Å². The zero-order chi connectivity index (χ0) is 18.7. The van der Waals surface area contributed by atoms with Crippen molar-refractivity contribution in [3.8, 4) is 11.5 Å². The Morgan fingerprint density at radius 1 is 1.08 bits per heavy atom. The average molecular weight is 482 g/mol. The van der Waals surface area contributed by atoms with Crippen molar-refractivity contribution in [2.24, 2.45) is 0 Å². The Labute approximate surface area is 166 Å². The predicted molar refractivity (Wildman–Crippen MR) is 101 cm³/mol. The predicted octanol–water partition coefficient (Wildman–Crippen LogP) is 4.33. The number of benzene rings is 2. The first kappa shape index (κ1) is 18.8. The molecule has 1 unspecified atom stereocenters. The van der Waals surface area contributed by atoms with Gasteiger partial charge in [-0.2, -0.15) is 0 Å². The Kier molecular flexibility index (Phi) is 5.55. The molecular formula is C18H14Br2N2O4. The van der Waals surface area contributed by atoms with Gasteiger partial charge in [0.2, 0.25) is 5.89 Å². The van der Waals surface area contributed by atoms with E-state index in [4.69, 9.17) is 9.15 Å². The van der Waals surface area contributed by atoms with Crippen molar-refractivity contribution in [3.05, 3.63) is 68.9 Å². The molecule has 0 bridgehead atoms. The van der Waals surface area contributed by atoms with Crippen molar-refractivity contribution < 1.29 is 19.1 Å². The van der Waals surface area contributed by atoms with Gasteiger partial charge in [-0.3, -0.25) is 0 Å². The molecule has 8 heteroatoms. The van der Waals surface area contributed by atoms with Crippen LogP contribution in [-0.2, 0) is 10.3 Å². The molecule has 0 amide bonds. The maximum Gasteiger partial charge on any atom is 0.338 e. The quantitative estimate of drug-likeness (QED) is 0.546. The summed E-state index contributed by atoms with van der Waals surface area (Å²) in [5.41, 5.74) is -0.509. The van der Waals surface area contributed by atoms with Crippen LogP contribution >= 0.6 is 31.9 Å². The molecule has 6 nitrogen and oxygen atoms in total. The molecule has 0 spiro atoms. The lowest BCUT2D eigenvalue weighted by molar-refractivity contribution is -0.0392. The molecule has 1 heterocycles. The van der Waals surface area contributed by atoms with Gasteiger partial charge in [0.1, 0.15) is 6.61 Å². The van der Waals surface area contributed by atoms with Gasteiger partial charge in [-0.05, 0) is 55.5 Å². The van der Waals surface area contributed by atoms with E-state index in [1.165, 1.54) is 6.92 Å². The Balaban J connectivity index is 1.69. The third-order valence-electron chi connectivity index (χ3n) is 3.54. The second-order valence-electron chi connectivity index (χ2n) is 5.78. The highest BCUT2D eigenvalue weighted by Gasteiger charge is 2.32. The van der Waals surface area contributed by atoms with E-state index in [0.29, 0.717) is 5.56 Å². The summed E-state index contributed by atoms with van der Waals surface area (Å²) < 4.78 is 12.5. The summed E-state index contributed by atoms with van der Waals surface area (Å²) >= 11 is 6.65. The van der Waals surface area contributed by atoms with Gasteiger partial charge in [0, 0.05) is 14.5 Å². The summed E-state index contributed by atoms with van der Waals surface area (Å²) in [7, 11) is 0. The second-order valence-corrected chi connectivity index (χ2v) is 7.61. The Hall–Kier alpha value is -2.03. The Morgan fingerprint density at radius 2 is 1.65 bits per heavy atom. The van der Waals surface area contributed by atoms with Crippen LogP contribution < -0.4 is 0 Å². The number of aromatic nitrogens is 2. The number of carbonyl (C=O) groups excluding carboxylic acids is 1. The van der Waals surface area contributed by atoms with Crippen LogP contribution in [0.15, 0.2) is 61.9 Å². The summed E-state index contributed by atoms with van der Waals surface area (Å²) in [5.74, 6) is -0.309. The Morgan fingerprint density at radius 3 is 2.27 bits per heavy atom. The smallest absolute Gasteiger partial charge is 0.338 e. The Bertz CT molecular complexity index is 906. The first-order valence-electron chi connectivity index (χ1n) is 7.60. The van der Waals surface area contributed by atoms with E-state index in [0.717, 1.165) is 14.5 Å². The van der Waals surface area contributed by atoms with Crippen LogP contribution in [0.3, 0.4) is 0 Å². The summed E-state index contributed by atoms with van der Waals surface area (Å²) in [5, 5.41) is 18.4. The largest absolute Gasteiger partial charge is 0.458 e. The molecule has 2 aromatic carbocycles. The summed E-state index contributed by atoms with van der Waals surface area (Å²) in [4.78, 5) is 12.1. The minimum Gasteiger partial charge on any atom is -0.458 e. The topological polar surface area (TPSA) is 85.5 Å². The van der Waals surface area contributed by atoms with Crippen LogP contribution in [-0.4, -0.2) is 27.9 Å². The lowest BCUT2D eigenvalue weighted by atomic mass is 10.1. The first-order chi connectivity index (χ1) is 12.3. The molecule has 0 aliphatic rings. The zero-order valence-corrected chi connectivity index (χ0v) is 16.8.